The van der Waals surface area contributed by atoms with Gasteiger partial charge < -0.3 is 11.5 Å². The summed E-state index contributed by atoms with van der Waals surface area (Å²) < 4.78 is 0. The van der Waals surface area contributed by atoms with Crippen molar-refractivity contribution in [2.45, 2.75) is 38.0 Å². The molecular formula is C12H17N3O2. The van der Waals surface area contributed by atoms with Crippen molar-refractivity contribution in [3.05, 3.63) is 27.8 Å². The summed E-state index contributed by atoms with van der Waals surface area (Å²) in [5.74, 6) is 0.325. The third-order valence-electron chi connectivity index (χ3n) is 3.48. The number of hydrogen-bond acceptors (Lipinski definition) is 4. The zero-order chi connectivity index (χ0) is 12.4. The van der Waals surface area contributed by atoms with Crippen LogP contribution in [0.15, 0.2) is 12.1 Å². The third-order valence-corrected chi connectivity index (χ3v) is 3.48. The summed E-state index contributed by atoms with van der Waals surface area (Å²) in [5, 5.41) is 10.8. The molecule has 1 aromatic carbocycles. The minimum Gasteiger partial charge on any atom is -0.397 e. The SMILES string of the molecule is Nc1cc([N+](=O)[O-])cc(C2CCCCC2)c1N. The first kappa shape index (κ1) is 11.7. The Morgan fingerprint density at radius 2 is 1.82 bits per heavy atom. The molecule has 92 valence electrons. The fraction of sp³-hybridized carbons (Fsp3) is 0.500. The number of rotatable bonds is 2. The molecule has 0 saturated heterocycles. The summed E-state index contributed by atoms with van der Waals surface area (Å²) in [6, 6.07) is 2.92. The first-order chi connectivity index (χ1) is 8.09. The van der Waals surface area contributed by atoms with Gasteiger partial charge in [-0.15, -0.1) is 0 Å². The molecule has 0 aromatic heterocycles. The number of nitrogen functional groups attached to an aromatic ring is 2. The molecule has 0 amide bonds. The number of hydrogen-bond donors (Lipinski definition) is 2. The van der Waals surface area contributed by atoms with E-state index < -0.39 is 4.92 Å². The number of non-ortho nitro benzene ring substituents is 1. The third kappa shape index (κ3) is 2.33. The van der Waals surface area contributed by atoms with Crippen LogP contribution in [0.25, 0.3) is 0 Å². The van der Waals surface area contributed by atoms with Crippen LogP contribution in [-0.2, 0) is 0 Å². The average molecular weight is 235 g/mol. The highest BCUT2D eigenvalue weighted by atomic mass is 16.6. The van der Waals surface area contributed by atoms with E-state index in [0.717, 1.165) is 31.2 Å². The minimum absolute atomic E-state index is 0.0391. The lowest BCUT2D eigenvalue weighted by Crippen LogP contribution is -2.09. The van der Waals surface area contributed by atoms with Gasteiger partial charge in [0.2, 0.25) is 0 Å². The average Bonchev–Trinajstić information content (AvgIpc) is 2.33. The maximum Gasteiger partial charge on any atom is 0.271 e. The Morgan fingerprint density at radius 1 is 1.18 bits per heavy atom. The summed E-state index contributed by atoms with van der Waals surface area (Å²) in [6.07, 6.45) is 5.65. The zero-order valence-electron chi connectivity index (χ0n) is 9.69. The van der Waals surface area contributed by atoms with Crippen LogP contribution in [0.1, 0.15) is 43.6 Å². The van der Waals surface area contributed by atoms with Crippen molar-refractivity contribution < 1.29 is 4.92 Å². The fourth-order valence-electron chi connectivity index (χ4n) is 2.54. The summed E-state index contributed by atoms with van der Waals surface area (Å²) >= 11 is 0. The Hall–Kier alpha value is -1.78. The van der Waals surface area contributed by atoms with Crippen LogP contribution in [-0.4, -0.2) is 4.92 Å². The van der Waals surface area contributed by atoms with Gasteiger partial charge in [-0.05, 0) is 24.3 Å². The molecule has 1 aliphatic carbocycles. The fourth-order valence-corrected chi connectivity index (χ4v) is 2.54. The van der Waals surface area contributed by atoms with Crippen molar-refractivity contribution in [1.29, 1.82) is 0 Å². The van der Waals surface area contributed by atoms with Crippen molar-refractivity contribution >= 4 is 17.1 Å². The smallest absolute Gasteiger partial charge is 0.271 e. The van der Waals surface area contributed by atoms with Gasteiger partial charge in [-0.25, -0.2) is 0 Å². The Bertz CT molecular complexity index is 440. The molecule has 0 heterocycles. The van der Waals surface area contributed by atoms with Crippen molar-refractivity contribution in [2.75, 3.05) is 11.5 Å². The summed E-state index contributed by atoms with van der Waals surface area (Å²) in [6.45, 7) is 0. The second-order valence-electron chi connectivity index (χ2n) is 4.63. The maximum atomic E-state index is 10.8. The second-order valence-corrected chi connectivity index (χ2v) is 4.63. The zero-order valence-corrected chi connectivity index (χ0v) is 9.69. The van der Waals surface area contributed by atoms with Crippen molar-refractivity contribution in [3.8, 4) is 0 Å². The Kier molecular flexibility index (Phi) is 3.17. The van der Waals surface area contributed by atoms with E-state index in [-0.39, 0.29) is 5.69 Å². The van der Waals surface area contributed by atoms with E-state index in [9.17, 15) is 10.1 Å². The van der Waals surface area contributed by atoms with E-state index in [1.165, 1.54) is 12.5 Å². The van der Waals surface area contributed by atoms with Crippen LogP contribution >= 0.6 is 0 Å². The largest absolute Gasteiger partial charge is 0.397 e. The predicted molar refractivity (Wildman–Crippen MR) is 67.7 cm³/mol. The lowest BCUT2D eigenvalue weighted by atomic mass is 9.83. The van der Waals surface area contributed by atoms with Gasteiger partial charge in [0, 0.05) is 12.1 Å². The lowest BCUT2D eigenvalue weighted by molar-refractivity contribution is -0.384. The van der Waals surface area contributed by atoms with Gasteiger partial charge in [-0.3, -0.25) is 10.1 Å². The van der Waals surface area contributed by atoms with E-state index in [1.807, 2.05) is 0 Å². The van der Waals surface area contributed by atoms with Crippen molar-refractivity contribution in [1.82, 2.24) is 0 Å². The highest BCUT2D eigenvalue weighted by molar-refractivity contribution is 5.72. The highest BCUT2D eigenvalue weighted by Gasteiger charge is 2.22. The van der Waals surface area contributed by atoms with Crippen LogP contribution in [0, 0.1) is 10.1 Å². The Labute approximate surface area is 99.9 Å². The molecule has 0 spiro atoms. The molecule has 4 N–H and O–H groups in total. The van der Waals surface area contributed by atoms with E-state index >= 15 is 0 Å². The molecule has 0 atom stereocenters. The standard InChI is InChI=1S/C12H17N3O2/c13-11-7-9(15(16)17)6-10(12(11)14)8-4-2-1-3-5-8/h6-8H,1-5,13-14H2. The molecule has 1 aliphatic rings. The monoisotopic (exact) mass is 235 g/mol. The van der Waals surface area contributed by atoms with Gasteiger partial charge in [0.1, 0.15) is 0 Å². The molecule has 1 saturated carbocycles. The molecule has 5 heteroatoms. The van der Waals surface area contributed by atoms with Crippen molar-refractivity contribution in [2.24, 2.45) is 0 Å². The van der Waals surface area contributed by atoms with E-state index in [4.69, 9.17) is 11.5 Å². The van der Waals surface area contributed by atoms with Gasteiger partial charge in [-0.1, -0.05) is 19.3 Å². The number of anilines is 2. The molecule has 0 bridgehead atoms. The van der Waals surface area contributed by atoms with Gasteiger partial charge in [0.25, 0.3) is 5.69 Å². The Morgan fingerprint density at radius 3 is 2.41 bits per heavy atom. The molecular weight excluding hydrogens is 218 g/mol. The topological polar surface area (TPSA) is 95.2 Å². The number of nitrogens with zero attached hydrogens (tertiary/aromatic N) is 1. The minimum atomic E-state index is -0.415. The van der Waals surface area contributed by atoms with Gasteiger partial charge in [0.05, 0.1) is 16.3 Å². The second kappa shape index (κ2) is 4.61. The molecule has 5 nitrogen and oxygen atoms in total. The quantitative estimate of drug-likeness (QED) is 0.468. The molecule has 0 aliphatic heterocycles. The number of nitrogens with two attached hydrogens (primary N) is 2. The van der Waals surface area contributed by atoms with Crippen LogP contribution in [0.3, 0.4) is 0 Å². The van der Waals surface area contributed by atoms with Gasteiger partial charge >= 0.3 is 0 Å². The van der Waals surface area contributed by atoms with Gasteiger partial charge in [0.15, 0.2) is 0 Å². The number of nitro benzene ring substituents is 1. The van der Waals surface area contributed by atoms with E-state index in [1.54, 1.807) is 6.07 Å². The molecule has 0 unspecified atom stereocenters. The molecule has 1 aromatic rings. The van der Waals surface area contributed by atoms with Gasteiger partial charge in [-0.2, -0.15) is 0 Å². The first-order valence-electron chi connectivity index (χ1n) is 5.93. The van der Waals surface area contributed by atoms with Crippen molar-refractivity contribution in [3.63, 3.8) is 0 Å². The molecule has 2 rings (SSSR count). The normalized spacial score (nSPS) is 16.9. The maximum absolute atomic E-state index is 10.8. The van der Waals surface area contributed by atoms with Crippen LogP contribution in [0.4, 0.5) is 17.1 Å². The molecule has 1 fully saturated rings. The van der Waals surface area contributed by atoms with Crippen LogP contribution < -0.4 is 11.5 Å². The molecule has 17 heavy (non-hydrogen) atoms. The predicted octanol–water partition coefficient (Wildman–Crippen LogP) is 2.81. The summed E-state index contributed by atoms with van der Waals surface area (Å²) in [4.78, 5) is 10.4. The highest BCUT2D eigenvalue weighted by Crippen LogP contribution is 2.39. The van der Waals surface area contributed by atoms with E-state index in [0.29, 0.717) is 17.3 Å². The molecule has 0 radical (unpaired) electrons. The van der Waals surface area contributed by atoms with Crippen LogP contribution in [0.5, 0.6) is 0 Å². The van der Waals surface area contributed by atoms with E-state index in [2.05, 4.69) is 0 Å². The Balaban J connectivity index is 2.40. The number of nitro groups is 1. The number of benzene rings is 1. The summed E-state index contributed by atoms with van der Waals surface area (Å²) in [5.41, 5.74) is 13.4. The van der Waals surface area contributed by atoms with Crippen LogP contribution in [0.2, 0.25) is 0 Å². The summed E-state index contributed by atoms with van der Waals surface area (Å²) in [7, 11) is 0. The lowest BCUT2D eigenvalue weighted by Gasteiger charge is -2.23. The first-order valence-corrected chi connectivity index (χ1v) is 5.93.